The Labute approximate surface area is 154 Å². The lowest BCUT2D eigenvalue weighted by Crippen LogP contribution is -2.47. The summed E-state index contributed by atoms with van der Waals surface area (Å²) in [5.74, 6) is -2.69. The van der Waals surface area contributed by atoms with Gasteiger partial charge in [0.1, 0.15) is 0 Å². The van der Waals surface area contributed by atoms with Crippen molar-refractivity contribution in [2.45, 2.75) is 59.9 Å². The van der Waals surface area contributed by atoms with Crippen molar-refractivity contribution < 1.29 is 28.8 Å². The Hall–Kier alpha value is -1.96. The predicted octanol–water partition coefficient (Wildman–Crippen LogP) is 1.77. The van der Waals surface area contributed by atoms with E-state index in [4.69, 9.17) is 9.57 Å². The molecule has 1 saturated heterocycles. The van der Waals surface area contributed by atoms with Crippen molar-refractivity contribution in [3.63, 3.8) is 0 Å². The summed E-state index contributed by atoms with van der Waals surface area (Å²) >= 11 is 0. The summed E-state index contributed by atoms with van der Waals surface area (Å²) in [6.45, 7) is 9.90. The number of amides is 2. The molecule has 8 heteroatoms. The van der Waals surface area contributed by atoms with Crippen molar-refractivity contribution in [3.8, 4) is 0 Å². The molecular formula is C18H30N2O6. The SMILES string of the molecule is CC(C)C(NC(=O)OCC(C)(C)C)C(=O)CC1CCCONC(=O)C1=O. The molecule has 1 aliphatic rings. The highest BCUT2D eigenvalue weighted by atomic mass is 16.7. The fourth-order valence-corrected chi connectivity index (χ4v) is 2.52. The van der Waals surface area contributed by atoms with Crippen molar-refractivity contribution in [1.29, 1.82) is 0 Å². The molecule has 0 saturated carbocycles. The number of Topliss-reactive ketones (excluding diaryl/α,β-unsaturated/α-hetero) is 2. The zero-order chi connectivity index (χ0) is 19.9. The molecule has 2 atom stereocenters. The average Bonchev–Trinajstić information content (AvgIpc) is 2.53. The second-order valence-electron chi connectivity index (χ2n) is 8.16. The van der Waals surface area contributed by atoms with E-state index >= 15 is 0 Å². The molecule has 8 nitrogen and oxygen atoms in total. The summed E-state index contributed by atoms with van der Waals surface area (Å²) < 4.78 is 5.15. The molecule has 26 heavy (non-hydrogen) atoms. The Morgan fingerprint density at radius 1 is 1.31 bits per heavy atom. The average molecular weight is 370 g/mol. The van der Waals surface area contributed by atoms with Gasteiger partial charge in [0.25, 0.3) is 0 Å². The van der Waals surface area contributed by atoms with Gasteiger partial charge >= 0.3 is 12.0 Å². The molecule has 1 heterocycles. The molecule has 0 aromatic rings. The van der Waals surface area contributed by atoms with Crippen LogP contribution < -0.4 is 10.8 Å². The maximum atomic E-state index is 12.7. The zero-order valence-corrected chi connectivity index (χ0v) is 16.2. The molecule has 0 aromatic heterocycles. The molecule has 2 N–H and O–H groups in total. The third-order valence-corrected chi connectivity index (χ3v) is 3.93. The van der Waals surface area contributed by atoms with Crippen molar-refractivity contribution in [2.75, 3.05) is 13.2 Å². The van der Waals surface area contributed by atoms with E-state index in [-0.39, 0.29) is 36.8 Å². The van der Waals surface area contributed by atoms with Gasteiger partial charge in [-0.25, -0.2) is 10.3 Å². The molecule has 148 valence electrons. The monoisotopic (exact) mass is 370 g/mol. The molecule has 0 spiro atoms. The van der Waals surface area contributed by atoms with Crippen LogP contribution in [0.15, 0.2) is 0 Å². The lowest BCUT2D eigenvalue weighted by Gasteiger charge is -2.25. The lowest BCUT2D eigenvalue weighted by atomic mass is 9.87. The largest absolute Gasteiger partial charge is 0.449 e. The molecule has 0 radical (unpaired) electrons. The third-order valence-electron chi connectivity index (χ3n) is 3.93. The summed E-state index contributed by atoms with van der Waals surface area (Å²) in [6.07, 6.45) is 0.172. The van der Waals surface area contributed by atoms with Gasteiger partial charge in [0.05, 0.1) is 19.3 Å². The van der Waals surface area contributed by atoms with Crippen LogP contribution in [-0.2, 0) is 24.0 Å². The smallest absolute Gasteiger partial charge is 0.407 e. The van der Waals surface area contributed by atoms with Crippen LogP contribution in [0.4, 0.5) is 4.79 Å². The number of ether oxygens (including phenoxy) is 1. The Kier molecular flexibility index (Phi) is 8.20. The first-order valence-corrected chi connectivity index (χ1v) is 8.93. The second-order valence-corrected chi connectivity index (χ2v) is 8.16. The standard InChI is InChI=1S/C18H30N2O6/c1-11(2)14(19-17(24)25-10-18(3,4)5)13(21)9-12-7-6-8-26-20-16(23)15(12)22/h11-12,14H,6-10H2,1-5H3,(H,19,24)(H,20,23). The Morgan fingerprint density at radius 2 is 1.96 bits per heavy atom. The van der Waals surface area contributed by atoms with E-state index in [0.29, 0.717) is 12.8 Å². The number of rotatable bonds is 6. The fourth-order valence-electron chi connectivity index (χ4n) is 2.52. The Morgan fingerprint density at radius 3 is 2.54 bits per heavy atom. The summed E-state index contributed by atoms with van der Waals surface area (Å²) in [7, 11) is 0. The van der Waals surface area contributed by atoms with Crippen LogP contribution >= 0.6 is 0 Å². The highest BCUT2D eigenvalue weighted by molar-refractivity contribution is 6.37. The fraction of sp³-hybridized carbons (Fsp3) is 0.778. The van der Waals surface area contributed by atoms with Gasteiger partial charge in [-0.3, -0.25) is 19.2 Å². The van der Waals surface area contributed by atoms with E-state index in [0.717, 1.165) is 0 Å². The zero-order valence-electron chi connectivity index (χ0n) is 16.2. The highest BCUT2D eigenvalue weighted by Gasteiger charge is 2.33. The van der Waals surface area contributed by atoms with Crippen LogP contribution in [0.1, 0.15) is 53.9 Å². The summed E-state index contributed by atoms with van der Waals surface area (Å²) in [6, 6.07) is -0.778. The minimum absolute atomic E-state index is 0.103. The molecule has 0 aromatic carbocycles. The van der Waals surface area contributed by atoms with Gasteiger partial charge in [0.2, 0.25) is 5.78 Å². The molecule has 1 fully saturated rings. The first-order valence-electron chi connectivity index (χ1n) is 8.93. The Balaban J connectivity index is 2.70. The molecular weight excluding hydrogens is 340 g/mol. The second kappa shape index (κ2) is 9.66. The van der Waals surface area contributed by atoms with Crippen LogP contribution in [-0.4, -0.2) is 42.8 Å². The van der Waals surface area contributed by atoms with Crippen LogP contribution in [0.5, 0.6) is 0 Å². The van der Waals surface area contributed by atoms with E-state index in [1.54, 1.807) is 13.8 Å². The quantitative estimate of drug-likeness (QED) is 0.690. The number of ketones is 2. The van der Waals surface area contributed by atoms with Gasteiger partial charge in [-0.1, -0.05) is 34.6 Å². The topological polar surface area (TPSA) is 111 Å². The number of nitrogens with one attached hydrogen (secondary N) is 2. The van der Waals surface area contributed by atoms with E-state index in [1.165, 1.54) is 0 Å². The Bertz CT molecular complexity index is 538. The molecule has 1 rings (SSSR count). The number of alkyl carbamates (subject to hydrolysis) is 1. The van der Waals surface area contributed by atoms with Crippen molar-refractivity contribution in [3.05, 3.63) is 0 Å². The number of hydrogen-bond acceptors (Lipinski definition) is 6. The van der Waals surface area contributed by atoms with Crippen LogP contribution in [0.25, 0.3) is 0 Å². The minimum Gasteiger partial charge on any atom is -0.449 e. The number of hydrogen-bond donors (Lipinski definition) is 2. The number of carbonyl (C=O) groups is 4. The van der Waals surface area contributed by atoms with Gasteiger partial charge in [0.15, 0.2) is 5.78 Å². The summed E-state index contributed by atoms with van der Waals surface area (Å²) in [5.41, 5.74) is 1.88. The molecule has 0 aliphatic carbocycles. The van der Waals surface area contributed by atoms with E-state index in [9.17, 15) is 19.2 Å². The predicted molar refractivity (Wildman–Crippen MR) is 94.0 cm³/mol. The number of hydroxylamine groups is 1. The molecule has 2 unspecified atom stereocenters. The molecule has 1 aliphatic heterocycles. The van der Waals surface area contributed by atoms with Crippen molar-refractivity contribution in [1.82, 2.24) is 10.8 Å². The van der Waals surface area contributed by atoms with Crippen molar-refractivity contribution in [2.24, 2.45) is 17.3 Å². The van der Waals surface area contributed by atoms with Gasteiger partial charge in [0, 0.05) is 12.3 Å². The first-order chi connectivity index (χ1) is 12.0. The molecule has 0 bridgehead atoms. The molecule has 2 amide bonds. The normalized spacial score (nSPS) is 20.0. The number of carbonyl (C=O) groups excluding carboxylic acids is 4. The summed E-state index contributed by atoms with van der Waals surface area (Å²) in [5, 5.41) is 2.59. The van der Waals surface area contributed by atoms with Gasteiger partial charge in [-0.2, -0.15) is 0 Å². The lowest BCUT2D eigenvalue weighted by molar-refractivity contribution is -0.150. The van der Waals surface area contributed by atoms with E-state index in [2.05, 4.69) is 10.8 Å². The van der Waals surface area contributed by atoms with Crippen molar-refractivity contribution >= 4 is 23.6 Å². The maximum Gasteiger partial charge on any atom is 0.407 e. The first kappa shape index (κ1) is 22.1. The highest BCUT2D eigenvalue weighted by Crippen LogP contribution is 2.19. The van der Waals surface area contributed by atoms with E-state index in [1.807, 2.05) is 20.8 Å². The maximum absolute atomic E-state index is 12.7. The van der Waals surface area contributed by atoms with E-state index < -0.39 is 29.7 Å². The van der Waals surface area contributed by atoms with Gasteiger partial charge < -0.3 is 10.1 Å². The van der Waals surface area contributed by atoms with Gasteiger partial charge in [-0.05, 0) is 24.2 Å². The van der Waals surface area contributed by atoms with Crippen LogP contribution in [0.2, 0.25) is 0 Å². The van der Waals surface area contributed by atoms with Crippen LogP contribution in [0, 0.1) is 17.3 Å². The third kappa shape index (κ3) is 7.51. The summed E-state index contributed by atoms with van der Waals surface area (Å²) in [4.78, 5) is 53.2. The van der Waals surface area contributed by atoms with Gasteiger partial charge in [-0.15, -0.1) is 0 Å². The minimum atomic E-state index is -0.846. The van der Waals surface area contributed by atoms with Crippen LogP contribution in [0.3, 0.4) is 0 Å².